The van der Waals surface area contributed by atoms with Gasteiger partial charge in [0.25, 0.3) is 0 Å². The van der Waals surface area contributed by atoms with Crippen molar-refractivity contribution in [1.82, 2.24) is 15.3 Å². The lowest BCUT2D eigenvalue weighted by Gasteiger charge is -2.04. The Balaban J connectivity index is 2.85. The summed E-state index contributed by atoms with van der Waals surface area (Å²) in [5.41, 5.74) is 0.789. The number of hydrogen-bond donors (Lipinski definition) is 1. The van der Waals surface area contributed by atoms with Crippen molar-refractivity contribution in [3.63, 3.8) is 0 Å². The minimum atomic E-state index is -0.309. The highest BCUT2D eigenvalue weighted by Gasteiger charge is 2.05. The zero-order valence-electron chi connectivity index (χ0n) is 6.15. The third kappa shape index (κ3) is 1.72. The molecule has 0 aliphatic carbocycles. The molecule has 4 nitrogen and oxygen atoms in total. The molecule has 0 aliphatic heterocycles. The van der Waals surface area contributed by atoms with E-state index in [1.165, 1.54) is 6.33 Å². The summed E-state index contributed by atoms with van der Waals surface area (Å²) < 4.78 is 0. The summed E-state index contributed by atoms with van der Waals surface area (Å²) in [6, 6.07) is 1.77. The Bertz CT molecular complexity index is 251. The van der Waals surface area contributed by atoms with Gasteiger partial charge >= 0.3 is 0 Å². The van der Waals surface area contributed by atoms with Crippen LogP contribution in [0.15, 0.2) is 18.7 Å². The lowest BCUT2D eigenvalue weighted by molar-refractivity contribution is 0.719. The highest BCUT2D eigenvalue weighted by atomic mass is 14.9. The number of hydrogen-bond acceptors (Lipinski definition) is 4. The minimum Gasteiger partial charge on any atom is -0.301 e. The van der Waals surface area contributed by atoms with Gasteiger partial charge in [0.1, 0.15) is 12.4 Å². The second-order valence-electron chi connectivity index (χ2n) is 2.02. The van der Waals surface area contributed by atoms with Crippen molar-refractivity contribution in [2.45, 2.75) is 6.04 Å². The molecule has 1 heterocycles. The molecular weight excluding hydrogens is 140 g/mol. The largest absolute Gasteiger partial charge is 0.301 e. The maximum Gasteiger partial charge on any atom is 0.124 e. The first kappa shape index (κ1) is 7.63. The molecule has 0 radical (unpaired) electrons. The number of rotatable bonds is 2. The lowest BCUT2D eigenvalue weighted by Crippen LogP contribution is -2.14. The van der Waals surface area contributed by atoms with Crippen LogP contribution < -0.4 is 5.32 Å². The van der Waals surface area contributed by atoms with Crippen LogP contribution in [0.25, 0.3) is 0 Å². The van der Waals surface area contributed by atoms with E-state index in [2.05, 4.69) is 21.4 Å². The zero-order chi connectivity index (χ0) is 8.10. The maximum absolute atomic E-state index is 8.61. The summed E-state index contributed by atoms with van der Waals surface area (Å²) in [6.07, 6.45) is 4.68. The van der Waals surface area contributed by atoms with Crippen molar-refractivity contribution < 1.29 is 0 Å². The van der Waals surface area contributed by atoms with E-state index in [0.717, 1.165) is 5.56 Å². The van der Waals surface area contributed by atoms with E-state index < -0.39 is 0 Å². The molecule has 0 bridgehead atoms. The molecule has 4 heteroatoms. The van der Waals surface area contributed by atoms with Gasteiger partial charge < -0.3 is 5.32 Å². The molecule has 0 saturated carbocycles. The van der Waals surface area contributed by atoms with Crippen molar-refractivity contribution in [1.29, 1.82) is 5.26 Å². The molecule has 11 heavy (non-hydrogen) atoms. The highest BCUT2D eigenvalue weighted by molar-refractivity contribution is 5.16. The molecule has 1 rings (SSSR count). The van der Waals surface area contributed by atoms with Gasteiger partial charge in [-0.1, -0.05) is 0 Å². The van der Waals surface area contributed by atoms with Crippen molar-refractivity contribution >= 4 is 0 Å². The highest BCUT2D eigenvalue weighted by Crippen LogP contribution is 2.06. The summed E-state index contributed by atoms with van der Waals surface area (Å²) in [6.45, 7) is 0. The fraction of sp³-hybridized carbons (Fsp3) is 0.286. The van der Waals surface area contributed by atoms with E-state index in [0.29, 0.717) is 0 Å². The van der Waals surface area contributed by atoms with Crippen molar-refractivity contribution in [2.75, 3.05) is 7.05 Å². The Labute approximate surface area is 64.9 Å². The van der Waals surface area contributed by atoms with Crippen LogP contribution in [0.5, 0.6) is 0 Å². The Kier molecular flexibility index (Phi) is 2.53. The van der Waals surface area contributed by atoms with Gasteiger partial charge in [0, 0.05) is 18.0 Å². The molecule has 1 aromatic rings. The lowest BCUT2D eigenvalue weighted by atomic mass is 10.2. The molecule has 1 atom stereocenters. The number of nitrogens with zero attached hydrogens (tertiary/aromatic N) is 3. The molecule has 0 amide bonds. The van der Waals surface area contributed by atoms with Gasteiger partial charge in [-0.25, -0.2) is 9.97 Å². The van der Waals surface area contributed by atoms with E-state index in [9.17, 15) is 0 Å². The van der Waals surface area contributed by atoms with Crippen LogP contribution in [0.3, 0.4) is 0 Å². The van der Waals surface area contributed by atoms with Crippen LogP contribution in [0.2, 0.25) is 0 Å². The standard InChI is InChI=1S/C7H8N4/c1-9-7(2-8)6-3-10-5-11-4-6/h3-5,7,9H,1H3. The second-order valence-corrected chi connectivity index (χ2v) is 2.02. The fourth-order valence-corrected chi connectivity index (χ4v) is 0.765. The summed E-state index contributed by atoms with van der Waals surface area (Å²) in [5.74, 6) is 0. The van der Waals surface area contributed by atoms with Crippen LogP contribution >= 0.6 is 0 Å². The average molecular weight is 148 g/mol. The Hall–Kier alpha value is -1.47. The molecule has 0 saturated heterocycles. The smallest absolute Gasteiger partial charge is 0.124 e. The van der Waals surface area contributed by atoms with Gasteiger partial charge in [-0.15, -0.1) is 0 Å². The summed E-state index contributed by atoms with van der Waals surface area (Å²) >= 11 is 0. The summed E-state index contributed by atoms with van der Waals surface area (Å²) in [5, 5.41) is 11.4. The quantitative estimate of drug-likeness (QED) is 0.653. The SMILES string of the molecule is CNC(C#N)c1cncnc1. The molecular formula is C7H8N4. The Morgan fingerprint density at radius 1 is 1.55 bits per heavy atom. The van der Waals surface area contributed by atoms with Gasteiger partial charge in [-0.2, -0.15) is 5.26 Å². The van der Waals surface area contributed by atoms with Gasteiger partial charge in [0.15, 0.2) is 0 Å². The predicted molar refractivity (Wildman–Crippen MR) is 39.4 cm³/mol. The number of nitriles is 1. The van der Waals surface area contributed by atoms with Crippen LogP contribution in [0, 0.1) is 11.3 Å². The summed E-state index contributed by atoms with van der Waals surface area (Å²) in [4.78, 5) is 7.60. The van der Waals surface area contributed by atoms with Gasteiger partial charge in [-0.05, 0) is 7.05 Å². The number of nitrogens with one attached hydrogen (secondary N) is 1. The van der Waals surface area contributed by atoms with Gasteiger partial charge in [0.05, 0.1) is 6.07 Å². The van der Waals surface area contributed by atoms with E-state index >= 15 is 0 Å². The Morgan fingerprint density at radius 2 is 2.18 bits per heavy atom. The average Bonchev–Trinajstić information content (AvgIpc) is 2.09. The van der Waals surface area contributed by atoms with Crippen molar-refractivity contribution in [2.24, 2.45) is 0 Å². The predicted octanol–water partition coefficient (Wildman–Crippen LogP) is 0.261. The number of aromatic nitrogens is 2. The summed E-state index contributed by atoms with van der Waals surface area (Å²) in [7, 11) is 1.72. The molecule has 56 valence electrons. The van der Waals surface area contributed by atoms with Crippen LogP contribution in [-0.2, 0) is 0 Å². The van der Waals surface area contributed by atoms with E-state index in [4.69, 9.17) is 5.26 Å². The normalized spacial score (nSPS) is 12.0. The third-order valence-electron chi connectivity index (χ3n) is 1.33. The topological polar surface area (TPSA) is 61.6 Å². The molecule has 1 aromatic heterocycles. The maximum atomic E-state index is 8.61. The van der Waals surface area contributed by atoms with E-state index in [-0.39, 0.29) is 6.04 Å². The first-order valence-electron chi connectivity index (χ1n) is 3.20. The van der Waals surface area contributed by atoms with Crippen molar-refractivity contribution in [3.05, 3.63) is 24.3 Å². The van der Waals surface area contributed by atoms with Gasteiger partial charge in [0.2, 0.25) is 0 Å². The minimum absolute atomic E-state index is 0.309. The first-order valence-corrected chi connectivity index (χ1v) is 3.20. The first-order chi connectivity index (χ1) is 5.38. The fourth-order valence-electron chi connectivity index (χ4n) is 0.765. The second kappa shape index (κ2) is 3.64. The Morgan fingerprint density at radius 3 is 2.64 bits per heavy atom. The molecule has 0 aromatic carbocycles. The molecule has 0 aliphatic rings. The third-order valence-corrected chi connectivity index (χ3v) is 1.33. The zero-order valence-corrected chi connectivity index (χ0v) is 6.15. The van der Waals surface area contributed by atoms with Crippen LogP contribution in [-0.4, -0.2) is 17.0 Å². The van der Waals surface area contributed by atoms with E-state index in [1.54, 1.807) is 19.4 Å². The molecule has 0 fully saturated rings. The molecule has 1 N–H and O–H groups in total. The monoisotopic (exact) mass is 148 g/mol. The van der Waals surface area contributed by atoms with Gasteiger partial charge in [-0.3, -0.25) is 0 Å². The van der Waals surface area contributed by atoms with Crippen molar-refractivity contribution in [3.8, 4) is 6.07 Å². The molecule has 1 unspecified atom stereocenters. The van der Waals surface area contributed by atoms with E-state index in [1.807, 2.05) is 0 Å². The molecule has 0 spiro atoms. The van der Waals surface area contributed by atoms with Crippen LogP contribution in [0.4, 0.5) is 0 Å². The van der Waals surface area contributed by atoms with Crippen LogP contribution in [0.1, 0.15) is 11.6 Å².